The average molecular weight is 307 g/mol. The molecule has 0 bridgehead atoms. The van der Waals surface area contributed by atoms with Gasteiger partial charge in [0.15, 0.2) is 0 Å². The van der Waals surface area contributed by atoms with Crippen LogP contribution in [0.15, 0.2) is 24.3 Å². The van der Waals surface area contributed by atoms with Crippen molar-refractivity contribution in [3.8, 4) is 0 Å². The number of carbonyl (C=O) groups excluding carboxylic acids is 1. The maximum atomic E-state index is 11.9. The van der Waals surface area contributed by atoms with Crippen LogP contribution < -0.4 is 0 Å². The van der Waals surface area contributed by atoms with Crippen LogP contribution in [0.1, 0.15) is 31.9 Å². The zero-order valence-corrected chi connectivity index (χ0v) is 13.9. The Morgan fingerprint density at radius 2 is 1.77 bits per heavy atom. The van der Waals surface area contributed by atoms with E-state index in [4.69, 9.17) is 4.74 Å². The zero-order valence-electron chi connectivity index (χ0n) is 13.9. The van der Waals surface area contributed by atoms with E-state index >= 15 is 0 Å². The molecule has 0 aliphatic heterocycles. The quantitative estimate of drug-likeness (QED) is 0.907. The summed E-state index contributed by atoms with van der Waals surface area (Å²) in [7, 11) is 1.55. The van der Waals surface area contributed by atoms with Gasteiger partial charge in [0.2, 0.25) is 0 Å². The molecular formula is C17H25NO4. The van der Waals surface area contributed by atoms with Gasteiger partial charge in [0.1, 0.15) is 5.60 Å². The molecule has 5 heteroatoms. The molecule has 1 N–H and O–H groups in total. The van der Waals surface area contributed by atoms with Crippen LogP contribution in [0.4, 0.5) is 4.79 Å². The largest absolute Gasteiger partial charge is 0.481 e. The second kappa shape index (κ2) is 7.29. The van der Waals surface area contributed by atoms with E-state index in [1.807, 2.05) is 31.2 Å². The van der Waals surface area contributed by atoms with Gasteiger partial charge >= 0.3 is 12.1 Å². The van der Waals surface area contributed by atoms with Crippen molar-refractivity contribution in [1.82, 2.24) is 4.90 Å². The van der Waals surface area contributed by atoms with Crippen molar-refractivity contribution in [3.05, 3.63) is 35.4 Å². The number of aryl methyl sites for hydroxylation is 1. The zero-order chi connectivity index (χ0) is 16.9. The molecule has 1 aromatic carbocycles. The maximum absolute atomic E-state index is 11.9. The number of carboxylic acid groups (broad SMARTS) is 1. The van der Waals surface area contributed by atoms with E-state index < -0.39 is 23.6 Å². The van der Waals surface area contributed by atoms with Crippen LogP contribution in [0.2, 0.25) is 0 Å². The fourth-order valence-corrected chi connectivity index (χ4v) is 1.98. The number of rotatable bonds is 5. The summed E-state index contributed by atoms with van der Waals surface area (Å²) in [6, 6.07) is 7.73. The van der Waals surface area contributed by atoms with Crippen LogP contribution in [0.5, 0.6) is 0 Å². The number of amides is 1. The van der Waals surface area contributed by atoms with E-state index in [0.717, 1.165) is 11.1 Å². The summed E-state index contributed by atoms with van der Waals surface area (Å²) in [5.41, 5.74) is 1.47. The van der Waals surface area contributed by atoms with Gasteiger partial charge in [0, 0.05) is 13.6 Å². The number of hydrogen-bond acceptors (Lipinski definition) is 3. The van der Waals surface area contributed by atoms with Crippen LogP contribution in [0, 0.1) is 12.8 Å². The highest BCUT2D eigenvalue weighted by molar-refractivity contribution is 5.73. The van der Waals surface area contributed by atoms with Crippen LogP contribution in [-0.4, -0.2) is 41.3 Å². The van der Waals surface area contributed by atoms with Gasteiger partial charge in [-0.15, -0.1) is 0 Å². The highest BCUT2D eigenvalue weighted by Crippen LogP contribution is 2.14. The topological polar surface area (TPSA) is 66.8 Å². The first-order valence-corrected chi connectivity index (χ1v) is 7.31. The Morgan fingerprint density at radius 1 is 1.23 bits per heavy atom. The molecule has 0 saturated carbocycles. The third-order valence-corrected chi connectivity index (χ3v) is 3.15. The Bertz CT molecular complexity index is 516. The van der Waals surface area contributed by atoms with Crippen LogP contribution in [0.3, 0.4) is 0 Å². The number of carbonyl (C=O) groups is 2. The predicted molar refractivity (Wildman–Crippen MR) is 84.9 cm³/mol. The summed E-state index contributed by atoms with van der Waals surface area (Å²) in [5, 5.41) is 9.37. The molecule has 0 saturated heterocycles. The third-order valence-electron chi connectivity index (χ3n) is 3.15. The lowest BCUT2D eigenvalue weighted by Crippen LogP contribution is -2.39. The molecular weight excluding hydrogens is 282 g/mol. The van der Waals surface area contributed by atoms with Crippen LogP contribution in [-0.2, 0) is 16.0 Å². The van der Waals surface area contributed by atoms with E-state index in [9.17, 15) is 14.7 Å². The minimum Gasteiger partial charge on any atom is -0.481 e. The summed E-state index contributed by atoms with van der Waals surface area (Å²) >= 11 is 0. The molecule has 0 heterocycles. The number of carboxylic acids is 1. The molecule has 0 spiro atoms. The summed E-state index contributed by atoms with van der Waals surface area (Å²) < 4.78 is 5.24. The van der Waals surface area contributed by atoms with Gasteiger partial charge in [0.05, 0.1) is 5.92 Å². The standard InChI is InChI=1S/C17H25NO4/c1-12-6-8-13(9-7-12)10-14(15(19)20)11-18(5)16(21)22-17(2,3)4/h6-9,14H,10-11H2,1-5H3,(H,19,20)/t14-/m0/s1. The number of ether oxygens (including phenoxy) is 1. The molecule has 1 aromatic rings. The molecule has 0 unspecified atom stereocenters. The van der Waals surface area contributed by atoms with Crippen molar-refractivity contribution in [1.29, 1.82) is 0 Å². The van der Waals surface area contributed by atoms with E-state index in [1.54, 1.807) is 27.8 Å². The second-order valence-electron chi connectivity index (χ2n) is 6.59. The van der Waals surface area contributed by atoms with Gasteiger partial charge in [-0.05, 0) is 39.7 Å². The first-order valence-electron chi connectivity index (χ1n) is 7.31. The minimum atomic E-state index is -0.920. The number of aliphatic carboxylic acids is 1. The highest BCUT2D eigenvalue weighted by atomic mass is 16.6. The Morgan fingerprint density at radius 3 is 2.23 bits per heavy atom. The van der Waals surface area contributed by atoms with Crippen LogP contribution >= 0.6 is 0 Å². The fourth-order valence-electron chi connectivity index (χ4n) is 1.98. The van der Waals surface area contributed by atoms with Gasteiger partial charge in [-0.1, -0.05) is 29.8 Å². The smallest absolute Gasteiger partial charge is 0.410 e. The SMILES string of the molecule is Cc1ccc(C[C@@H](CN(C)C(=O)OC(C)(C)C)C(=O)O)cc1. The molecule has 5 nitrogen and oxygen atoms in total. The molecule has 0 aliphatic rings. The average Bonchev–Trinajstić information content (AvgIpc) is 2.38. The van der Waals surface area contributed by atoms with E-state index in [1.165, 1.54) is 4.90 Å². The number of hydrogen-bond donors (Lipinski definition) is 1. The number of nitrogens with zero attached hydrogens (tertiary/aromatic N) is 1. The molecule has 0 aliphatic carbocycles. The lowest BCUT2D eigenvalue weighted by atomic mass is 9.98. The molecule has 1 amide bonds. The maximum Gasteiger partial charge on any atom is 0.410 e. The fraction of sp³-hybridized carbons (Fsp3) is 0.529. The second-order valence-corrected chi connectivity index (χ2v) is 6.59. The summed E-state index contributed by atoms with van der Waals surface area (Å²) in [6.07, 6.45) is -0.134. The summed E-state index contributed by atoms with van der Waals surface area (Å²) in [4.78, 5) is 24.7. The minimum absolute atomic E-state index is 0.109. The van der Waals surface area contributed by atoms with Gasteiger partial charge < -0.3 is 14.7 Å². The van der Waals surface area contributed by atoms with Gasteiger partial charge in [-0.2, -0.15) is 0 Å². The highest BCUT2D eigenvalue weighted by Gasteiger charge is 2.25. The molecule has 22 heavy (non-hydrogen) atoms. The first-order chi connectivity index (χ1) is 10.1. The van der Waals surface area contributed by atoms with Crippen molar-refractivity contribution in [2.75, 3.05) is 13.6 Å². The Hall–Kier alpha value is -2.04. The molecule has 0 aromatic heterocycles. The predicted octanol–water partition coefficient (Wildman–Crippen LogP) is 3.11. The molecule has 1 atom stereocenters. The van der Waals surface area contributed by atoms with E-state index in [0.29, 0.717) is 6.42 Å². The molecule has 1 rings (SSSR count). The molecule has 122 valence electrons. The first kappa shape index (κ1) is 18.0. The van der Waals surface area contributed by atoms with E-state index in [2.05, 4.69) is 0 Å². The van der Waals surface area contributed by atoms with Crippen molar-refractivity contribution in [2.24, 2.45) is 5.92 Å². The van der Waals surface area contributed by atoms with Crippen LogP contribution in [0.25, 0.3) is 0 Å². The van der Waals surface area contributed by atoms with E-state index in [-0.39, 0.29) is 6.54 Å². The normalized spacial score (nSPS) is 12.6. The van der Waals surface area contributed by atoms with Crippen molar-refractivity contribution in [3.63, 3.8) is 0 Å². The lowest BCUT2D eigenvalue weighted by molar-refractivity contribution is -0.142. The Balaban J connectivity index is 2.70. The molecule has 0 radical (unpaired) electrons. The summed E-state index contributed by atoms with van der Waals surface area (Å²) in [5.74, 6) is -1.59. The van der Waals surface area contributed by atoms with Crippen molar-refractivity contribution in [2.45, 2.75) is 39.7 Å². The summed E-state index contributed by atoms with van der Waals surface area (Å²) in [6.45, 7) is 7.42. The van der Waals surface area contributed by atoms with Gasteiger partial charge in [-0.3, -0.25) is 4.79 Å². The van der Waals surface area contributed by atoms with Crippen molar-refractivity contribution < 1.29 is 19.4 Å². The number of benzene rings is 1. The van der Waals surface area contributed by atoms with Gasteiger partial charge in [0.25, 0.3) is 0 Å². The Kier molecular flexibility index (Phi) is 5.97. The Labute approximate surface area is 131 Å². The third kappa shape index (κ3) is 6.16. The van der Waals surface area contributed by atoms with Gasteiger partial charge in [-0.25, -0.2) is 4.79 Å². The monoisotopic (exact) mass is 307 g/mol. The van der Waals surface area contributed by atoms with Crippen molar-refractivity contribution >= 4 is 12.1 Å². The molecule has 0 fully saturated rings. The lowest BCUT2D eigenvalue weighted by Gasteiger charge is -2.26.